The number of nitrogens with zero attached hydrogens (tertiary/aromatic N) is 3. The molecular formula is C29H36ClN3O3. The fourth-order valence-corrected chi connectivity index (χ4v) is 5.76. The van der Waals surface area contributed by atoms with E-state index in [1.165, 1.54) is 0 Å². The molecule has 0 amide bonds. The van der Waals surface area contributed by atoms with E-state index >= 15 is 0 Å². The van der Waals surface area contributed by atoms with Crippen molar-refractivity contribution in [3.63, 3.8) is 0 Å². The van der Waals surface area contributed by atoms with Gasteiger partial charge in [0.05, 0.1) is 10.6 Å². The molecule has 7 heteroatoms. The molecule has 0 unspecified atom stereocenters. The second-order valence-electron chi connectivity index (χ2n) is 10.5. The van der Waals surface area contributed by atoms with Crippen LogP contribution >= 0.6 is 11.6 Å². The number of likely N-dealkylation sites (tertiary alicyclic amines) is 2. The largest absolute Gasteiger partial charge is 0.490 e. The van der Waals surface area contributed by atoms with E-state index in [0.29, 0.717) is 22.9 Å². The molecule has 4 rings (SSSR count). The molecular weight excluding hydrogens is 474 g/mol. The van der Waals surface area contributed by atoms with Crippen molar-refractivity contribution in [2.45, 2.75) is 57.6 Å². The van der Waals surface area contributed by atoms with E-state index in [-0.39, 0.29) is 6.10 Å². The second-order valence-corrected chi connectivity index (χ2v) is 10.8. The van der Waals surface area contributed by atoms with Crippen LogP contribution in [0, 0.1) is 24.2 Å². The Morgan fingerprint density at radius 1 is 1.11 bits per heavy atom. The summed E-state index contributed by atoms with van der Waals surface area (Å²) in [7, 11) is 0. The third-order valence-electron chi connectivity index (χ3n) is 7.97. The molecule has 36 heavy (non-hydrogen) atoms. The van der Waals surface area contributed by atoms with Gasteiger partial charge in [0, 0.05) is 31.6 Å². The standard InChI is InChI=1S/C29H36ClN3O3/c1-21-26(9-8-24(19-31)27(21)30)36-25-12-14-32(15-13-25)20-23-10-16-33(17-11-23)29(2,28(34)35)18-22-6-4-3-5-7-22/h3-9,23,25H,10-18,20H2,1-2H3,(H,34,35)/t29-/m0/s1. The first-order valence-electron chi connectivity index (χ1n) is 12.9. The quantitative estimate of drug-likeness (QED) is 0.529. The van der Waals surface area contributed by atoms with Crippen molar-refractivity contribution in [2.75, 3.05) is 32.7 Å². The number of carbonyl (C=O) groups is 1. The Bertz CT molecular complexity index is 1090. The molecule has 6 nitrogen and oxygen atoms in total. The normalized spacial score (nSPS) is 19.9. The van der Waals surface area contributed by atoms with Crippen molar-refractivity contribution < 1.29 is 14.6 Å². The Morgan fingerprint density at radius 3 is 2.39 bits per heavy atom. The first kappa shape index (κ1) is 26.5. The van der Waals surface area contributed by atoms with Crippen molar-refractivity contribution in [2.24, 2.45) is 5.92 Å². The number of rotatable bonds is 8. The van der Waals surface area contributed by atoms with Gasteiger partial charge in [-0.2, -0.15) is 5.26 Å². The highest BCUT2D eigenvalue weighted by atomic mass is 35.5. The lowest BCUT2D eigenvalue weighted by molar-refractivity contribution is -0.151. The van der Waals surface area contributed by atoms with Gasteiger partial charge in [0.15, 0.2) is 0 Å². The van der Waals surface area contributed by atoms with Crippen LogP contribution in [0.5, 0.6) is 5.75 Å². The minimum atomic E-state index is -0.880. The van der Waals surface area contributed by atoms with Crippen LogP contribution in [0.2, 0.25) is 5.02 Å². The van der Waals surface area contributed by atoms with Crippen LogP contribution in [-0.2, 0) is 11.2 Å². The lowest BCUT2D eigenvalue weighted by atomic mass is 9.86. The van der Waals surface area contributed by atoms with Crippen LogP contribution in [0.25, 0.3) is 0 Å². The van der Waals surface area contributed by atoms with E-state index < -0.39 is 11.5 Å². The van der Waals surface area contributed by atoms with Gasteiger partial charge in [0.1, 0.15) is 23.5 Å². The first-order chi connectivity index (χ1) is 17.3. The van der Waals surface area contributed by atoms with Gasteiger partial charge in [-0.15, -0.1) is 0 Å². The van der Waals surface area contributed by atoms with E-state index in [1.54, 1.807) is 6.07 Å². The third kappa shape index (κ3) is 6.03. The van der Waals surface area contributed by atoms with Gasteiger partial charge in [-0.25, -0.2) is 0 Å². The van der Waals surface area contributed by atoms with Gasteiger partial charge >= 0.3 is 5.97 Å². The number of benzene rings is 2. The van der Waals surface area contributed by atoms with Gasteiger partial charge in [-0.3, -0.25) is 9.69 Å². The summed E-state index contributed by atoms with van der Waals surface area (Å²) in [5, 5.41) is 19.7. The van der Waals surface area contributed by atoms with Crippen LogP contribution in [0.4, 0.5) is 0 Å². The molecule has 0 spiro atoms. The molecule has 0 saturated carbocycles. The average Bonchev–Trinajstić information content (AvgIpc) is 2.89. The van der Waals surface area contributed by atoms with Gasteiger partial charge in [0.25, 0.3) is 0 Å². The zero-order chi connectivity index (χ0) is 25.7. The lowest BCUT2D eigenvalue weighted by Crippen LogP contribution is -2.57. The molecule has 2 aromatic rings. The number of halogens is 1. The van der Waals surface area contributed by atoms with Crippen molar-refractivity contribution >= 4 is 17.6 Å². The van der Waals surface area contributed by atoms with Gasteiger partial charge in [-0.05, 0) is 76.2 Å². The lowest BCUT2D eigenvalue weighted by Gasteiger charge is -2.43. The molecule has 2 saturated heterocycles. The Hall–Kier alpha value is -2.59. The second kappa shape index (κ2) is 11.6. The number of aliphatic carboxylic acids is 1. The molecule has 1 atom stereocenters. The predicted octanol–water partition coefficient (Wildman–Crippen LogP) is 5.16. The van der Waals surface area contributed by atoms with E-state index in [9.17, 15) is 9.90 Å². The molecule has 2 aliphatic heterocycles. The molecule has 2 aliphatic rings. The summed E-state index contributed by atoms with van der Waals surface area (Å²) in [4.78, 5) is 17.0. The molecule has 0 bridgehead atoms. The summed E-state index contributed by atoms with van der Waals surface area (Å²) in [5.74, 6) is 0.612. The summed E-state index contributed by atoms with van der Waals surface area (Å²) in [6, 6.07) is 15.6. The maximum Gasteiger partial charge on any atom is 0.324 e. The maximum atomic E-state index is 12.3. The molecule has 2 aromatic carbocycles. The summed E-state index contributed by atoms with van der Waals surface area (Å²) in [6.45, 7) is 8.46. The number of carboxylic acids is 1. The van der Waals surface area contributed by atoms with Crippen molar-refractivity contribution in [3.05, 3.63) is 64.2 Å². The third-order valence-corrected chi connectivity index (χ3v) is 8.45. The summed E-state index contributed by atoms with van der Waals surface area (Å²) in [6.07, 6.45) is 4.65. The maximum absolute atomic E-state index is 12.3. The number of hydrogen-bond donors (Lipinski definition) is 1. The predicted molar refractivity (Wildman–Crippen MR) is 141 cm³/mol. The minimum absolute atomic E-state index is 0.153. The molecule has 192 valence electrons. The first-order valence-corrected chi connectivity index (χ1v) is 13.3. The SMILES string of the molecule is Cc1c(OC2CCN(CC3CCN([C@@](C)(Cc4ccccc4)C(=O)O)CC3)CC2)ccc(C#N)c1Cl. The summed E-state index contributed by atoms with van der Waals surface area (Å²) in [5.41, 5.74) is 1.49. The Kier molecular flexibility index (Phi) is 8.56. The van der Waals surface area contributed by atoms with E-state index in [1.807, 2.05) is 50.2 Å². The van der Waals surface area contributed by atoms with E-state index in [0.717, 1.165) is 75.3 Å². The van der Waals surface area contributed by atoms with E-state index in [4.69, 9.17) is 21.6 Å². The highest BCUT2D eigenvalue weighted by Gasteiger charge is 2.41. The monoisotopic (exact) mass is 509 g/mol. The van der Waals surface area contributed by atoms with Gasteiger partial charge in [-0.1, -0.05) is 41.9 Å². The van der Waals surface area contributed by atoms with E-state index in [2.05, 4.69) is 15.9 Å². The topological polar surface area (TPSA) is 76.8 Å². The molecule has 2 heterocycles. The van der Waals surface area contributed by atoms with Crippen LogP contribution in [0.1, 0.15) is 49.3 Å². The highest BCUT2D eigenvalue weighted by Crippen LogP contribution is 2.32. The molecule has 1 N–H and O–H groups in total. The zero-order valence-electron chi connectivity index (χ0n) is 21.3. The zero-order valence-corrected chi connectivity index (χ0v) is 22.0. The fraction of sp³-hybridized carbons (Fsp3) is 0.517. The number of piperidine rings is 2. The van der Waals surface area contributed by atoms with Crippen LogP contribution in [-0.4, -0.2) is 65.2 Å². The summed E-state index contributed by atoms with van der Waals surface area (Å²) < 4.78 is 6.24. The summed E-state index contributed by atoms with van der Waals surface area (Å²) >= 11 is 6.30. The molecule has 0 aliphatic carbocycles. The highest BCUT2D eigenvalue weighted by molar-refractivity contribution is 6.32. The molecule has 0 radical (unpaired) electrons. The number of hydrogen-bond acceptors (Lipinski definition) is 5. The Labute approximate surface area is 219 Å². The number of ether oxygens (including phenoxy) is 1. The van der Waals surface area contributed by atoms with Crippen LogP contribution < -0.4 is 4.74 Å². The fourth-order valence-electron chi connectivity index (χ4n) is 5.56. The van der Waals surface area contributed by atoms with Crippen molar-refractivity contribution in [1.29, 1.82) is 5.26 Å². The number of carboxylic acid groups (broad SMARTS) is 1. The molecule has 2 fully saturated rings. The van der Waals surface area contributed by atoms with Crippen LogP contribution in [0.15, 0.2) is 42.5 Å². The Balaban J connectivity index is 1.25. The number of nitriles is 1. The average molecular weight is 510 g/mol. The van der Waals surface area contributed by atoms with Gasteiger partial charge < -0.3 is 14.7 Å². The Morgan fingerprint density at radius 2 is 1.78 bits per heavy atom. The smallest absolute Gasteiger partial charge is 0.324 e. The minimum Gasteiger partial charge on any atom is -0.490 e. The van der Waals surface area contributed by atoms with Crippen molar-refractivity contribution in [3.8, 4) is 11.8 Å². The van der Waals surface area contributed by atoms with Gasteiger partial charge in [0.2, 0.25) is 0 Å². The van der Waals surface area contributed by atoms with Crippen LogP contribution in [0.3, 0.4) is 0 Å². The van der Waals surface area contributed by atoms with Crippen molar-refractivity contribution in [1.82, 2.24) is 9.80 Å². The molecule has 0 aromatic heterocycles.